The topological polar surface area (TPSA) is 40.6 Å². The van der Waals surface area contributed by atoms with Gasteiger partial charge in [0.05, 0.1) is 0 Å². The van der Waals surface area contributed by atoms with Crippen molar-refractivity contribution >= 4 is 11.8 Å². The number of amides is 2. The maximum Gasteiger partial charge on any atom is 0.254 e. The summed E-state index contributed by atoms with van der Waals surface area (Å²) in [7, 11) is 3.47. The van der Waals surface area contributed by atoms with Crippen LogP contribution in [0.15, 0.2) is 18.2 Å². The number of carbonyl (C=O) groups is 2. The molecule has 1 saturated heterocycles. The average molecular weight is 274 g/mol. The Balaban J connectivity index is 2.28. The van der Waals surface area contributed by atoms with Gasteiger partial charge in [-0.25, -0.2) is 0 Å². The molecule has 4 nitrogen and oxygen atoms in total. The van der Waals surface area contributed by atoms with E-state index in [0.717, 1.165) is 24.0 Å². The molecule has 0 saturated carbocycles. The fraction of sp³-hybridized carbons (Fsp3) is 0.500. The summed E-state index contributed by atoms with van der Waals surface area (Å²) in [4.78, 5) is 28.2. The summed E-state index contributed by atoms with van der Waals surface area (Å²) >= 11 is 0. The van der Waals surface area contributed by atoms with E-state index in [1.54, 1.807) is 23.9 Å². The van der Waals surface area contributed by atoms with Crippen LogP contribution in [0.1, 0.15) is 34.3 Å². The van der Waals surface area contributed by atoms with Crippen LogP contribution < -0.4 is 0 Å². The number of aryl methyl sites for hydroxylation is 1. The lowest BCUT2D eigenvalue weighted by Crippen LogP contribution is -2.45. The smallest absolute Gasteiger partial charge is 0.254 e. The minimum atomic E-state index is -0.308. The molecule has 1 fully saturated rings. The minimum Gasteiger partial charge on any atom is -0.347 e. The lowest BCUT2D eigenvalue weighted by molar-refractivity contribution is -0.132. The highest BCUT2D eigenvalue weighted by Crippen LogP contribution is 2.23. The molecule has 0 spiro atoms. The summed E-state index contributed by atoms with van der Waals surface area (Å²) in [6, 6.07) is 5.44. The second-order valence-electron chi connectivity index (χ2n) is 5.64. The lowest BCUT2D eigenvalue weighted by Gasteiger charge is -2.27. The Kier molecular flexibility index (Phi) is 4.12. The third kappa shape index (κ3) is 2.55. The van der Waals surface area contributed by atoms with E-state index in [1.807, 2.05) is 32.0 Å². The molecule has 1 atom stereocenters. The van der Waals surface area contributed by atoms with Gasteiger partial charge in [0.15, 0.2) is 0 Å². The van der Waals surface area contributed by atoms with Crippen LogP contribution in [-0.4, -0.2) is 48.3 Å². The molecule has 1 unspecified atom stereocenters. The van der Waals surface area contributed by atoms with Gasteiger partial charge in [-0.15, -0.1) is 0 Å². The predicted octanol–water partition coefficient (Wildman–Crippen LogP) is 2.00. The van der Waals surface area contributed by atoms with Crippen molar-refractivity contribution in [3.8, 4) is 0 Å². The van der Waals surface area contributed by atoms with E-state index in [1.165, 1.54) is 0 Å². The molecular weight excluding hydrogens is 252 g/mol. The number of hydrogen-bond acceptors (Lipinski definition) is 2. The number of likely N-dealkylation sites (N-methyl/N-ethyl adjacent to an activating group) is 1. The van der Waals surface area contributed by atoms with Gasteiger partial charge in [-0.1, -0.05) is 12.1 Å². The Morgan fingerprint density at radius 1 is 1.25 bits per heavy atom. The average Bonchev–Trinajstić information content (AvgIpc) is 2.89. The van der Waals surface area contributed by atoms with Crippen LogP contribution >= 0.6 is 0 Å². The number of likely N-dealkylation sites (tertiary alicyclic amines) is 1. The molecule has 0 N–H and O–H groups in total. The molecule has 2 rings (SSSR count). The van der Waals surface area contributed by atoms with Gasteiger partial charge in [0.1, 0.15) is 6.04 Å². The standard InChI is InChI=1S/C16H22N2O2/c1-11-7-5-8-13(12(11)2)15(19)18-10-6-9-14(18)16(20)17(3)4/h5,7-8,14H,6,9-10H2,1-4H3. The van der Waals surface area contributed by atoms with Crippen molar-refractivity contribution in [1.29, 1.82) is 0 Å². The zero-order chi connectivity index (χ0) is 14.9. The maximum atomic E-state index is 12.7. The highest BCUT2D eigenvalue weighted by atomic mass is 16.2. The van der Waals surface area contributed by atoms with Crippen LogP contribution in [0, 0.1) is 13.8 Å². The van der Waals surface area contributed by atoms with Gasteiger partial charge < -0.3 is 9.80 Å². The zero-order valence-electron chi connectivity index (χ0n) is 12.6. The Labute approximate surface area is 120 Å². The van der Waals surface area contributed by atoms with Crippen molar-refractivity contribution in [2.45, 2.75) is 32.7 Å². The van der Waals surface area contributed by atoms with Gasteiger partial charge in [-0.3, -0.25) is 9.59 Å². The minimum absolute atomic E-state index is 0.0150. The van der Waals surface area contributed by atoms with Gasteiger partial charge in [-0.2, -0.15) is 0 Å². The Morgan fingerprint density at radius 2 is 1.95 bits per heavy atom. The summed E-state index contributed by atoms with van der Waals surface area (Å²) < 4.78 is 0. The van der Waals surface area contributed by atoms with Crippen LogP contribution in [0.4, 0.5) is 0 Å². The molecule has 0 aromatic heterocycles. The van der Waals surface area contributed by atoms with Crippen molar-refractivity contribution in [3.05, 3.63) is 34.9 Å². The molecule has 1 aromatic carbocycles. The lowest BCUT2D eigenvalue weighted by atomic mass is 10.0. The molecule has 1 aliphatic heterocycles. The first-order chi connectivity index (χ1) is 9.43. The fourth-order valence-corrected chi connectivity index (χ4v) is 2.70. The first kappa shape index (κ1) is 14.6. The molecule has 20 heavy (non-hydrogen) atoms. The van der Waals surface area contributed by atoms with Crippen molar-refractivity contribution in [1.82, 2.24) is 9.80 Å². The van der Waals surface area contributed by atoms with E-state index in [2.05, 4.69) is 0 Å². The zero-order valence-corrected chi connectivity index (χ0v) is 12.6. The predicted molar refractivity (Wildman–Crippen MR) is 78.7 cm³/mol. The highest BCUT2D eigenvalue weighted by molar-refractivity contribution is 5.99. The van der Waals surface area contributed by atoms with Crippen LogP contribution in [0.25, 0.3) is 0 Å². The second kappa shape index (κ2) is 5.65. The molecule has 1 aromatic rings. The van der Waals surface area contributed by atoms with Crippen molar-refractivity contribution < 1.29 is 9.59 Å². The second-order valence-corrected chi connectivity index (χ2v) is 5.64. The van der Waals surface area contributed by atoms with Crippen molar-refractivity contribution in [3.63, 3.8) is 0 Å². The number of carbonyl (C=O) groups excluding carboxylic acids is 2. The molecule has 108 valence electrons. The Bertz CT molecular complexity index is 537. The highest BCUT2D eigenvalue weighted by Gasteiger charge is 2.35. The number of nitrogens with zero attached hydrogens (tertiary/aromatic N) is 2. The van der Waals surface area contributed by atoms with Crippen LogP contribution in [0.2, 0.25) is 0 Å². The largest absolute Gasteiger partial charge is 0.347 e. The molecule has 0 aliphatic carbocycles. The van der Waals surface area contributed by atoms with Gasteiger partial charge in [0.25, 0.3) is 5.91 Å². The molecule has 1 heterocycles. The summed E-state index contributed by atoms with van der Waals surface area (Å²) in [6.45, 7) is 4.62. The molecule has 1 aliphatic rings. The third-order valence-electron chi connectivity index (χ3n) is 4.07. The van der Waals surface area contributed by atoms with E-state index in [0.29, 0.717) is 12.1 Å². The number of hydrogen-bond donors (Lipinski definition) is 0. The molecule has 4 heteroatoms. The molecular formula is C16H22N2O2. The number of rotatable bonds is 2. The first-order valence-electron chi connectivity index (χ1n) is 7.02. The first-order valence-corrected chi connectivity index (χ1v) is 7.02. The van der Waals surface area contributed by atoms with Crippen molar-refractivity contribution in [2.75, 3.05) is 20.6 Å². The van der Waals surface area contributed by atoms with E-state index in [4.69, 9.17) is 0 Å². The summed E-state index contributed by atoms with van der Waals surface area (Å²) in [5, 5.41) is 0. The number of benzene rings is 1. The Morgan fingerprint density at radius 3 is 2.60 bits per heavy atom. The van der Waals surface area contributed by atoms with Gasteiger partial charge in [-0.05, 0) is 43.9 Å². The summed E-state index contributed by atoms with van der Waals surface area (Å²) in [6.07, 6.45) is 1.65. The van der Waals surface area contributed by atoms with Gasteiger partial charge >= 0.3 is 0 Å². The van der Waals surface area contributed by atoms with Crippen molar-refractivity contribution in [2.24, 2.45) is 0 Å². The molecule has 0 bridgehead atoms. The van der Waals surface area contributed by atoms with Gasteiger partial charge in [0.2, 0.25) is 5.91 Å². The molecule has 0 radical (unpaired) electrons. The van der Waals surface area contributed by atoms with Crippen LogP contribution in [0.3, 0.4) is 0 Å². The quantitative estimate of drug-likeness (QED) is 0.827. The van der Waals surface area contributed by atoms with E-state index < -0.39 is 0 Å². The van der Waals surface area contributed by atoms with E-state index in [-0.39, 0.29) is 17.9 Å². The van der Waals surface area contributed by atoms with Crippen LogP contribution in [0.5, 0.6) is 0 Å². The maximum absolute atomic E-state index is 12.7. The molecule has 2 amide bonds. The van der Waals surface area contributed by atoms with E-state index >= 15 is 0 Å². The van der Waals surface area contributed by atoms with Gasteiger partial charge in [0, 0.05) is 26.2 Å². The summed E-state index contributed by atoms with van der Waals surface area (Å²) in [5.74, 6) is -0.00921. The van der Waals surface area contributed by atoms with E-state index in [9.17, 15) is 9.59 Å². The Hall–Kier alpha value is -1.84. The fourth-order valence-electron chi connectivity index (χ4n) is 2.70. The summed E-state index contributed by atoms with van der Waals surface area (Å²) in [5.41, 5.74) is 2.81. The SMILES string of the molecule is Cc1cccc(C(=O)N2CCCC2C(=O)N(C)C)c1C. The monoisotopic (exact) mass is 274 g/mol. The third-order valence-corrected chi connectivity index (χ3v) is 4.07. The normalized spacial score (nSPS) is 18.2. The van der Waals surface area contributed by atoms with Crippen LogP contribution in [-0.2, 0) is 4.79 Å².